The molecule has 1 saturated heterocycles. The van der Waals surface area contributed by atoms with Crippen LogP contribution >= 0.6 is 0 Å². The van der Waals surface area contributed by atoms with Gasteiger partial charge in [0.15, 0.2) is 6.61 Å². The molecule has 2 N–H and O–H groups in total. The summed E-state index contributed by atoms with van der Waals surface area (Å²) in [4.78, 5) is 43.9. The molecule has 2 aromatic rings. The molecule has 1 fully saturated rings. The van der Waals surface area contributed by atoms with E-state index in [9.17, 15) is 27.6 Å². The van der Waals surface area contributed by atoms with Gasteiger partial charge in [0.2, 0.25) is 0 Å². The number of aliphatic carboxylic acids is 2. The minimum Gasteiger partial charge on any atom is -0.478 e. The highest BCUT2D eigenvalue weighted by atomic mass is 19.4. The van der Waals surface area contributed by atoms with E-state index in [1.165, 1.54) is 12.1 Å². The van der Waals surface area contributed by atoms with Crippen molar-refractivity contribution in [2.45, 2.75) is 45.5 Å². The quantitative estimate of drug-likeness (QED) is 0.473. The lowest BCUT2D eigenvalue weighted by molar-refractivity contribution is -0.138. The van der Waals surface area contributed by atoms with Gasteiger partial charge in [0.05, 0.1) is 5.56 Å². The Bertz CT molecular complexity index is 1130. The van der Waals surface area contributed by atoms with Crippen molar-refractivity contribution in [3.8, 4) is 6.01 Å². The van der Waals surface area contributed by atoms with Crippen molar-refractivity contribution in [2.24, 2.45) is 0 Å². The van der Waals surface area contributed by atoms with Crippen molar-refractivity contribution in [1.82, 2.24) is 19.8 Å². The fraction of sp³-hybridized carbons (Fsp3) is 0.423. The number of rotatable bonds is 8. The van der Waals surface area contributed by atoms with Crippen molar-refractivity contribution in [1.29, 1.82) is 0 Å². The van der Waals surface area contributed by atoms with E-state index >= 15 is 0 Å². The highest BCUT2D eigenvalue weighted by Crippen LogP contribution is 2.29. The van der Waals surface area contributed by atoms with Crippen molar-refractivity contribution in [3.63, 3.8) is 0 Å². The number of aryl methyl sites for hydroxylation is 2. The topological polar surface area (TPSA) is 133 Å². The molecule has 10 nitrogen and oxygen atoms in total. The first kappa shape index (κ1) is 31.2. The summed E-state index contributed by atoms with van der Waals surface area (Å²) < 4.78 is 43.5. The summed E-state index contributed by atoms with van der Waals surface area (Å²) in [6.45, 7) is 5.69. The Morgan fingerprint density at radius 3 is 2.00 bits per heavy atom. The van der Waals surface area contributed by atoms with Gasteiger partial charge in [-0.3, -0.25) is 9.69 Å². The highest BCUT2D eigenvalue weighted by Gasteiger charge is 2.30. The summed E-state index contributed by atoms with van der Waals surface area (Å²) in [6, 6.07) is 7.42. The molecule has 0 atom stereocenters. The summed E-state index contributed by atoms with van der Waals surface area (Å²) in [5.74, 6) is -2.65. The molecule has 1 aliphatic heterocycles. The molecule has 0 aliphatic carbocycles. The molecule has 1 aromatic carbocycles. The van der Waals surface area contributed by atoms with Gasteiger partial charge in [-0.15, -0.1) is 0 Å². The zero-order chi connectivity index (χ0) is 29.2. The molecule has 3 rings (SSSR count). The van der Waals surface area contributed by atoms with E-state index in [0.29, 0.717) is 18.7 Å². The highest BCUT2D eigenvalue weighted by molar-refractivity contribution is 5.89. The number of carbonyl (C=O) groups excluding carboxylic acids is 1. The third kappa shape index (κ3) is 11.1. The first-order valence-corrected chi connectivity index (χ1v) is 12.0. The summed E-state index contributed by atoms with van der Waals surface area (Å²) in [7, 11) is 1.77. The van der Waals surface area contributed by atoms with Crippen molar-refractivity contribution in [3.05, 3.63) is 65.0 Å². The lowest BCUT2D eigenvalue weighted by Crippen LogP contribution is -2.46. The minimum atomic E-state index is -4.32. The van der Waals surface area contributed by atoms with Gasteiger partial charge in [-0.25, -0.2) is 19.6 Å². The first-order chi connectivity index (χ1) is 18.2. The van der Waals surface area contributed by atoms with Gasteiger partial charge in [0, 0.05) is 56.3 Å². The van der Waals surface area contributed by atoms with E-state index < -0.39 is 23.7 Å². The second-order valence-corrected chi connectivity index (χ2v) is 8.94. The van der Waals surface area contributed by atoms with Crippen molar-refractivity contribution in [2.75, 3.05) is 26.7 Å². The van der Waals surface area contributed by atoms with Gasteiger partial charge in [-0.1, -0.05) is 12.1 Å². The van der Waals surface area contributed by atoms with Crippen LogP contribution in [0.5, 0.6) is 6.01 Å². The number of hydrogen-bond acceptors (Lipinski definition) is 7. The standard InChI is InChI=1S/C22H27F3N4O2.C4H4O4/c1-15-12-16(2)27-21(26-15)31-14-20(30)28(3)19-8-10-29(11-9-19)13-17-4-6-18(7-5-17)22(23,24)25;5-3(6)1-2-4(7)8/h4-7,12,19H,8-11,13-14H2,1-3H3;1-2H,(H,5,6)(H,7,8). The predicted octanol–water partition coefficient (Wildman–Crippen LogP) is 3.33. The number of likely N-dealkylation sites (tertiary alicyclic amines) is 1. The Kier molecular flexibility index (Phi) is 11.4. The second-order valence-electron chi connectivity index (χ2n) is 8.94. The monoisotopic (exact) mass is 552 g/mol. The second kappa shape index (κ2) is 14.2. The van der Waals surface area contributed by atoms with Crippen LogP contribution in [-0.2, 0) is 27.1 Å². The molecule has 0 saturated carbocycles. The predicted molar refractivity (Wildman–Crippen MR) is 134 cm³/mol. The number of aromatic nitrogens is 2. The Balaban J connectivity index is 0.000000580. The normalized spacial score (nSPS) is 14.4. The van der Waals surface area contributed by atoms with Crippen LogP contribution in [0.3, 0.4) is 0 Å². The maximum atomic E-state index is 12.7. The third-order valence-corrected chi connectivity index (χ3v) is 5.84. The Hall–Kier alpha value is -4.00. The van der Waals surface area contributed by atoms with Gasteiger partial charge < -0.3 is 19.8 Å². The Morgan fingerprint density at radius 1 is 1.03 bits per heavy atom. The molecule has 1 aromatic heterocycles. The van der Waals surface area contributed by atoms with Crippen LogP contribution in [0.1, 0.15) is 35.4 Å². The lowest BCUT2D eigenvalue weighted by Gasteiger charge is -2.36. The van der Waals surface area contributed by atoms with E-state index in [1.54, 1.807) is 11.9 Å². The smallest absolute Gasteiger partial charge is 0.416 e. The van der Waals surface area contributed by atoms with E-state index in [0.717, 1.165) is 55.0 Å². The Labute approximate surface area is 223 Å². The number of benzene rings is 1. The molecule has 1 amide bonds. The van der Waals surface area contributed by atoms with Gasteiger partial charge in [0.1, 0.15) is 0 Å². The maximum absolute atomic E-state index is 12.7. The van der Waals surface area contributed by atoms with Crippen LogP contribution in [0.15, 0.2) is 42.5 Å². The molecular formula is C26H31F3N4O6. The average molecular weight is 553 g/mol. The number of carboxylic acids is 2. The number of nitrogens with zero attached hydrogens (tertiary/aromatic N) is 4. The maximum Gasteiger partial charge on any atom is 0.416 e. The fourth-order valence-electron chi connectivity index (χ4n) is 3.85. The molecule has 0 radical (unpaired) electrons. The summed E-state index contributed by atoms with van der Waals surface area (Å²) in [5.41, 5.74) is 1.77. The first-order valence-electron chi connectivity index (χ1n) is 12.0. The number of carboxylic acid groups (broad SMARTS) is 2. The van der Waals surface area contributed by atoms with E-state index in [4.69, 9.17) is 14.9 Å². The number of amides is 1. The van der Waals surface area contributed by atoms with E-state index in [1.807, 2.05) is 19.9 Å². The minimum absolute atomic E-state index is 0.0973. The number of ether oxygens (including phenoxy) is 1. The molecule has 0 unspecified atom stereocenters. The SMILES string of the molecule is Cc1cc(C)nc(OCC(=O)N(C)C2CCN(Cc3ccc(C(F)(F)F)cc3)CC2)n1.O=C(O)C=CC(=O)O. The van der Waals surface area contributed by atoms with Gasteiger partial charge in [-0.05, 0) is 50.5 Å². The van der Waals surface area contributed by atoms with Gasteiger partial charge in [0.25, 0.3) is 5.91 Å². The third-order valence-electron chi connectivity index (χ3n) is 5.84. The molecule has 2 heterocycles. The molecule has 0 spiro atoms. The number of carbonyl (C=O) groups is 3. The zero-order valence-electron chi connectivity index (χ0n) is 21.8. The van der Waals surface area contributed by atoms with E-state index in [2.05, 4.69) is 14.9 Å². The number of hydrogen-bond donors (Lipinski definition) is 2. The molecular weight excluding hydrogens is 521 g/mol. The summed E-state index contributed by atoms with van der Waals surface area (Å²) >= 11 is 0. The van der Waals surface area contributed by atoms with Crippen molar-refractivity contribution < 1.29 is 42.5 Å². The largest absolute Gasteiger partial charge is 0.478 e. The lowest BCUT2D eigenvalue weighted by atomic mass is 10.0. The number of piperidine rings is 1. The van der Waals surface area contributed by atoms with Gasteiger partial charge in [-0.2, -0.15) is 13.2 Å². The van der Waals surface area contributed by atoms with Crippen LogP contribution < -0.4 is 4.74 Å². The molecule has 1 aliphatic rings. The molecule has 0 bridgehead atoms. The molecule has 13 heteroatoms. The van der Waals surface area contributed by atoms with Crippen LogP contribution in [0.4, 0.5) is 13.2 Å². The summed E-state index contributed by atoms with van der Waals surface area (Å²) in [6.07, 6.45) is -1.61. The Morgan fingerprint density at radius 2 is 1.54 bits per heavy atom. The molecule has 39 heavy (non-hydrogen) atoms. The molecule has 212 valence electrons. The van der Waals surface area contributed by atoms with Crippen LogP contribution in [0.2, 0.25) is 0 Å². The zero-order valence-corrected chi connectivity index (χ0v) is 21.8. The number of halogens is 3. The fourth-order valence-corrected chi connectivity index (χ4v) is 3.85. The van der Waals surface area contributed by atoms with E-state index in [-0.39, 0.29) is 24.6 Å². The number of likely N-dealkylation sites (N-methyl/N-ethyl adjacent to an activating group) is 1. The van der Waals surface area contributed by atoms with Crippen molar-refractivity contribution >= 4 is 17.8 Å². The number of alkyl halides is 3. The summed E-state index contributed by atoms with van der Waals surface area (Å²) in [5, 5.41) is 15.6. The van der Waals surface area contributed by atoms with Gasteiger partial charge >= 0.3 is 24.1 Å². The van der Waals surface area contributed by atoms with Crippen LogP contribution in [0.25, 0.3) is 0 Å². The average Bonchev–Trinajstić information content (AvgIpc) is 2.86. The van der Waals surface area contributed by atoms with Crippen LogP contribution in [0, 0.1) is 13.8 Å². The van der Waals surface area contributed by atoms with Crippen LogP contribution in [-0.4, -0.2) is 80.6 Å².